The number of aliphatic imine (C=N–C) groups is 1. The molecule has 1 rings (SSSR count). The third-order valence-electron chi connectivity index (χ3n) is 3.16. The number of benzene rings is 1. The van der Waals surface area contributed by atoms with E-state index in [0.29, 0.717) is 0 Å². The Morgan fingerprint density at radius 1 is 1.45 bits per heavy atom. The maximum atomic E-state index is 6.02. The molecule has 0 radical (unpaired) electrons. The van der Waals surface area contributed by atoms with Crippen LogP contribution >= 0.6 is 23.4 Å². The van der Waals surface area contributed by atoms with E-state index < -0.39 is 0 Å². The number of halogens is 1. The first-order valence-electron chi connectivity index (χ1n) is 6.66. The number of guanidine groups is 1. The fraction of sp³-hybridized carbons (Fsp3) is 0.533. The van der Waals surface area contributed by atoms with Gasteiger partial charge in [-0.2, -0.15) is 11.8 Å². The number of hydrogen-bond acceptors (Lipinski definition) is 2. The van der Waals surface area contributed by atoms with Crippen LogP contribution < -0.4 is 10.6 Å². The number of nitrogens with zero attached hydrogens (tertiary/aromatic N) is 1. The molecule has 0 saturated carbocycles. The van der Waals surface area contributed by atoms with Gasteiger partial charge in [0.2, 0.25) is 0 Å². The van der Waals surface area contributed by atoms with Crippen molar-refractivity contribution in [2.24, 2.45) is 4.99 Å². The molecule has 0 aliphatic carbocycles. The zero-order valence-corrected chi connectivity index (χ0v) is 14.4. The van der Waals surface area contributed by atoms with Crippen molar-refractivity contribution in [2.45, 2.75) is 31.6 Å². The van der Waals surface area contributed by atoms with Crippen molar-refractivity contribution in [1.82, 2.24) is 10.6 Å². The molecule has 0 aliphatic heterocycles. The smallest absolute Gasteiger partial charge is 0.191 e. The Hall–Kier alpha value is -0.870. The second kappa shape index (κ2) is 7.79. The van der Waals surface area contributed by atoms with Gasteiger partial charge in [-0.05, 0) is 44.7 Å². The molecule has 5 heteroatoms. The summed E-state index contributed by atoms with van der Waals surface area (Å²) < 4.78 is 0.177. The van der Waals surface area contributed by atoms with Gasteiger partial charge in [-0.15, -0.1) is 0 Å². The van der Waals surface area contributed by atoms with Crippen molar-refractivity contribution in [3.63, 3.8) is 0 Å². The van der Waals surface area contributed by atoms with Crippen molar-refractivity contribution in [1.29, 1.82) is 0 Å². The highest BCUT2D eigenvalue weighted by Gasteiger charge is 2.17. The molecule has 1 atom stereocenters. The van der Waals surface area contributed by atoms with Crippen LogP contribution in [0.2, 0.25) is 5.02 Å². The Morgan fingerprint density at radius 2 is 2.15 bits per heavy atom. The maximum Gasteiger partial charge on any atom is 0.191 e. The summed E-state index contributed by atoms with van der Waals surface area (Å²) in [6.45, 7) is 7.37. The van der Waals surface area contributed by atoms with E-state index in [0.717, 1.165) is 23.1 Å². The van der Waals surface area contributed by atoms with Crippen LogP contribution in [0, 0.1) is 0 Å². The van der Waals surface area contributed by atoms with Gasteiger partial charge >= 0.3 is 0 Å². The standard InChI is InChI=1S/C15H24ClN3S/c1-11(12-7-6-8-13(16)9-12)19-14(17-4)18-10-15(2,3)20-5/h6-9,11H,10H2,1-5H3,(H2,17,18,19). The summed E-state index contributed by atoms with van der Waals surface area (Å²) in [6.07, 6.45) is 2.12. The molecule has 1 aromatic carbocycles. The van der Waals surface area contributed by atoms with Crippen LogP contribution in [-0.2, 0) is 0 Å². The molecule has 0 spiro atoms. The number of nitrogens with one attached hydrogen (secondary N) is 2. The van der Waals surface area contributed by atoms with Gasteiger partial charge in [-0.1, -0.05) is 23.7 Å². The largest absolute Gasteiger partial charge is 0.355 e. The van der Waals surface area contributed by atoms with Gasteiger partial charge < -0.3 is 10.6 Å². The molecule has 0 aliphatic rings. The number of rotatable bonds is 5. The average molecular weight is 314 g/mol. The van der Waals surface area contributed by atoms with Crippen LogP contribution in [0.25, 0.3) is 0 Å². The molecule has 20 heavy (non-hydrogen) atoms. The third-order valence-corrected chi connectivity index (χ3v) is 4.64. The molecule has 0 bridgehead atoms. The normalized spacial score (nSPS) is 14.0. The van der Waals surface area contributed by atoms with Crippen LogP contribution in [-0.4, -0.2) is 30.6 Å². The van der Waals surface area contributed by atoms with E-state index in [1.165, 1.54) is 0 Å². The fourth-order valence-electron chi connectivity index (χ4n) is 1.63. The van der Waals surface area contributed by atoms with Gasteiger partial charge in [0, 0.05) is 23.4 Å². The number of hydrogen-bond donors (Lipinski definition) is 2. The highest BCUT2D eigenvalue weighted by Crippen LogP contribution is 2.20. The Bertz CT molecular complexity index is 460. The lowest BCUT2D eigenvalue weighted by atomic mass is 10.1. The van der Waals surface area contributed by atoms with Gasteiger partial charge in [-0.3, -0.25) is 4.99 Å². The summed E-state index contributed by atoms with van der Waals surface area (Å²) in [5, 5.41) is 7.49. The molecule has 2 N–H and O–H groups in total. The predicted octanol–water partition coefficient (Wildman–Crippen LogP) is 3.71. The first kappa shape index (κ1) is 17.2. The Balaban J connectivity index is 2.61. The van der Waals surface area contributed by atoms with Crippen molar-refractivity contribution < 1.29 is 0 Å². The molecule has 0 amide bonds. The van der Waals surface area contributed by atoms with Crippen LogP contribution in [0.5, 0.6) is 0 Å². The van der Waals surface area contributed by atoms with Gasteiger partial charge in [-0.25, -0.2) is 0 Å². The highest BCUT2D eigenvalue weighted by molar-refractivity contribution is 7.99. The molecule has 3 nitrogen and oxygen atoms in total. The SMILES string of the molecule is CN=C(NCC(C)(C)SC)NC(C)c1cccc(Cl)c1. The van der Waals surface area contributed by atoms with Gasteiger partial charge in [0.15, 0.2) is 5.96 Å². The first-order valence-corrected chi connectivity index (χ1v) is 8.26. The molecule has 0 fully saturated rings. The molecule has 0 saturated heterocycles. The zero-order chi connectivity index (χ0) is 15.2. The monoisotopic (exact) mass is 313 g/mol. The minimum absolute atomic E-state index is 0.150. The van der Waals surface area contributed by atoms with Crippen LogP contribution in [0.1, 0.15) is 32.4 Å². The van der Waals surface area contributed by atoms with E-state index in [1.54, 1.807) is 7.05 Å². The average Bonchev–Trinajstić information content (AvgIpc) is 2.43. The van der Waals surface area contributed by atoms with E-state index >= 15 is 0 Å². The lowest BCUT2D eigenvalue weighted by Gasteiger charge is -2.25. The molecule has 0 heterocycles. The van der Waals surface area contributed by atoms with Crippen molar-refractivity contribution in [3.8, 4) is 0 Å². The Kier molecular flexibility index (Phi) is 6.69. The topological polar surface area (TPSA) is 36.4 Å². The van der Waals surface area contributed by atoms with Crippen molar-refractivity contribution in [2.75, 3.05) is 19.8 Å². The minimum Gasteiger partial charge on any atom is -0.355 e. The first-order chi connectivity index (χ1) is 9.38. The highest BCUT2D eigenvalue weighted by atomic mass is 35.5. The summed E-state index contributed by atoms with van der Waals surface area (Å²) in [5.41, 5.74) is 1.14. The van der Waals surface area contributed by atoms with Gasteiger partial charge in [0.1, 0.15) is 0 Å². The maximum absolute atomic E-state index is 6.02. The second-order valence-electron chi connectivity index (χ2n) is 5.31. The second-order valence-corrected chi connectivity index (χ2v) is 7.26. The lowest BCUT2D eigenvalue weighted by Crippen LogP contribution is -2.44. The van der Waals surface area contributed by atoms with E-state index in [-0.39, 0.29) is 10.8 Å². The zero-order valence-electron chi connectivity index (χ0n) is 12.8. The molecule has 112 valence electrons. The fourth-order valence-corrected chi connectivity index (χ4v) is 2.04. The molecular formula is C15H24ClN3S. The lowest BCUT2D eigenvalue weighted by molar-refractivity contribution is 0.639. The summed E-state index contributed by atoms with van der Waals surface area (Å²) in [4.78, 5) is 4.27. The summed E-state index contributed by atoms with van der Waals surface area (Å²) in [6, 6.07) is 8.02. The van der Waals surface area contributed by atoms with Crippen molar-refractivity contribution >= 4 is 29.3 Å². The van der Waals surface area contributed by atoms with Crippen LogP contribution in [0.15, 0.2) is 29.3 Å². The predicted molar refractivity (Wildman–Crippen MR) is 92.0 cm³/mol. The van der Waals surface area contributed by atoms with Crippen molar-refractivity contribution in [3.05, 3.63) is 34.9 Å². The molecule has 1 unspecified atom stereocenters. The molecular weight excluding hydrogens is 290 g/mol. The molecule has 1 aromatic rings. The van der Waals surface area contributed by atoms with E-state index in [4.69, 9.17) is 11.6 Å². The summed E-state index contributed by atoms with van der Waals surface area (Å²) in [7, 11) is 1.78. The van der Waals surface area contributed by atoms with E-state index in [1.807, 2.05) is 30.0 Å². The van der Waals surface area contributed by atoms with Gasteiger partial charge in [0.25, 0.3) is 0 Å². The third kappa shape index (κ3) is 5.63. The summed E-state index contributed by atoms with van der Waals surface area (Å²) >= 11 is 7.86. The van der Waals surface area contributed by atoms with Crippen LogP contribution in [0.4, 0.5) is 0 Å². The Labute approximate surface area is 131 Å². The molecule has 0 aromatic heterocycles. The minimum atomic E-state index is 0.150. The van der Waals surface area contributed by atoms with Crippen LogP contribution in [0.3, 0.4) is 0 Å². The van der Waals surface area contributed by atoms with E-state index in [9.17, 15) is 0 Å². The number of thioether (sulfide) groups is 1. The quantitative estimate of drug-likeness (QED) is 0.642. The van der Waals surface area contributed by atoms with Gasteiger partial charge in [0.05, 0.1) is 6.04 Å². The van der Waals surface area contributed by atoms with E-state index in [2.05, 4.69) is 48.7 Å². The summed E-state index contributed by atoms with van der Waals surface area (Å²) in [5.74, 6) is 0.805. The Morgan fingerprint density at radius 3 is 2.70 bits per heavy atom.